The minimum absolute atomic E-state index is 0.0148. The molecule has 3 nitrogen and oxygen atoms in total. The van der Waals surface area contributed by atoms with E-state index in [0.29, 0.717) is 25.3 Å². The smallest absolute Gasteiger partial charge is 0.220 e. The van der Waals surface area contributed by atoms with Crippen molar-refractivity contribution in [3.05, 3.63) is 65.7 Å². The number of aromatic hydroxyl groups is 1. The lowest BCUT2D eigenvalue weighted by molar-refractivity contribution is -0.121. The van der Waals surface area contributed by atoms with Gasteiger partial charge in [-0.15, -0.1) is 0 Å². The first-order valence-corrected chi connectivity index (χ1v) is 7.25. The van der Waals surface area contributed by atoms with E-state index in [-0.39, 0.29) is 11.7 Å². The molecule has 0 aromatic heterocycles. The molecule has 2 N–H and O–H groups in total. The van der Waals surface area contributed by atoms with Gasteiger partial charge in [-0.3, -0.25) is 4.79 Å². The Morgan fingerprint density at radius 3 is 2.48 bits per heavy atom. The standard InChI is InChI=1S/C18H21NO2/c1-14(15-7-3-2-4-8-15)13-19-18(21)12-11-16-9-5-6-10-17(16)20/h2-10,14,20H,11-13H2,1H3,(H,19,21). The molecule has 0 aliphatic heterocycles. The van der Waals surface area contributed by atoms with Crippen LogP contribution < -0.4 is 5.32 Å². The molecule has 2 aromatic rings. The van der Waals surface area contributed by atoms with Gasteiger partial charge in [-0.05, 0) is 29.5 Å². The van der Waals surface area contributed by atoms with Crippen molar-refractivity contribution in [1.82, 2.24) is 5.32 Å². The third kappa shape index (κ3) is 4.63. The quantitative estimate of drug-likeness (QED) is 0.855. The number of amides is 1. The molecule has 2 rings (SSSR count). The molecule has 0 saturated heterocycles. The van der Waals surface area contributed by atoms with Gasteiger partial charge in [-0.25, -0.2) is 0 Å². The average molecular weight is 283 g/mol. The van der Waals surface area contributed by atoms with E-state index in [4.69, 9.17) is 0 Å². The third-order valence-corrected chi connectivity index (χ3v) is 3.59. The highest BCUT2D eigenvalue weighted by Gasteiger charge is 2.08. The first-order valence-electron chi connectivity index (χ1n) is 7.25. The number of phenols is 1. The maximum absolute atomic E-state index is 11.9. The summed E-state index contributed by atoms with van der Waals surface area (Å²) in [6.07, 6.45) is 0.942. The lowest BCUT2D eigenvalue weighted by atomic mass is 10.0. The van der Waals surface area contributed by atoms with Crippen LogP contribution in [0.2, 0.25) is 0 Å². The molecule has 2 aromatic carbocycles. The van der Waals surface area contributed by atoms with Gasteiger partial charge in [-0.2, -0.15) is 0 Å². The molecule has 1 atom stereocenters. The maximum atomic E-state index is 11.9. The zero-order chi connectivity index (χ0) is 15.1. The van der Waals surface area contributed by atoms with Crippen molar-refractivity contribution in [3.63, 3.8) is 0 Å². The van der Waals surface area contributed by atoms with Crippen LogP contribution in [0.25, 0.3) is 0 Å². The van der Waals surface area contributed by atoms with Gasteiger partial charge in [0, 0.05) is 13.0 Å². The molecular formula is C18H21NO2. The Morgan fingerprint density at radius 1 is 1.10 bits per heavy atom. The summed E-state index contributed by atoms with van der Waals surface area (Å²) in [5.74, 6) is 0.560. The SMILES string of the molecule is CC(CNC(=O)CCc1ccccc1O)c1ccccc1. The minimum atomic E-state index is 0.0148. The number of carbonyl (C=O) groups excluding carboxylic acids is 1. The largest absolute Gasteiger partial charge is 0.508 e. The average Bonchev–Trinajstić information content (AvgIpc) is 2.52. The van der Waals surface area contributed by atoms with Gasteiger partial charge in [0.25, 0.3) is 0 Å². The van der Waals surface area contributed by atoms with Crippen LogP contribution in [0.1, 0.15) is 30.4 Å². The highest BCUT2D eigenvalue weighted by atomic mass is 16.3. The Morgan fingerprint density at radius 2 is 1.76 bits per heavy atom. The summed E-state index contributed by atoms with van der Waals surface area (Å²) < 4.78 is 0. The van der Waals surface area contributed by atoms with Crippen molar-refractivity contribution in [1.29, 1.82) is 0 Å². The van der Waals surface area contributed by atoms with E-state index in [2.05, 4.69) is 24.4 Å². The van der Waals surface area contributed by atoms with Crippen molar-refractivity contribution in [2.45, 2.75) is 25.7 Å². The number of carbonyl (C=O) groups is 1. The summed E-state index contributed by atoms with van der Waals surface area (Å²) in [6.45, 7) is 2.72. The number of aryl methyl sites for hydroxylation is 1. The lowest BCUT2D eigenvalue weighted by Crippen LogP contribution is -2.27. The second kappa shape index (κ2) is 7.48. The molecule has 0 spiro atoms. The van der Waals surface area contributed by atoms with E-state index in [9.17, 15) is 9.90 Å². The van der Waals surface area contributed by atoms with E-state index in [1.54, 1.807) is 12.1 Å². The van der Waals surface area contributed by atoms with E-state index in [1.165, 1.54) is 5.56 Å². The van der Waals surface area contributed by atoms with Gasteiger partial charge in [0.1, 0.15) is 5.75 Å². The maximum Gasteiger partial charge on any atom is 0.220 e. The number of para-hydroxylation sites is 1. The number of nitrogens with one attached hydrogen (secondary N) is 1. The molecule has 0 saturated carbocycles. The van der Waals surface area contributed by atoms with Gasteiger partial charge in [0.2, 0.25) is 5.91 Å². The monoisotopic (exact) mass is 283 g/mol. The molecule has 110 valence electrons. The topological polar surface area (TPSA) is 49.3 Å². The Bertz CT molecular complexity index is 581. The van der Waals surface area contributed by atoms with Crippen LogP contribution in [-0.2, 0) is 11.2 Å². The van der Waals surface area contributed by atoms with Gasteiger partial charge < -0.3 is 10.4 Å². The van der Waals surface area contributed by atoms with Crippen LogP contribution >= 0.6 is 0 Å². The summed E-state index contributed by atoms with van der Waals surface area (Å²) >= 11 is 0. The van der Waals surface area contributed by atoms with E-state index < -0.39 is 0 Å². The van der Waals surface area contributed by atoms with Crippen LogP contribution in [0.15, 0.2) is 54.6 Å². The van der Waals surface area contributed by atoms with E-state index >= 15 is 0 Å². The molecule has 0 aliphatic rings. The molecule has 0 heterocycles. The van der Waals surface area contributed by atoms with Crippen molar-refractivity contribution in [2.24, 2.45) is 0 Å². The normalized spacial score (nSPS) is 11.9. The number of benzene rings is 2. The molecule has 21 heavy (non-hydrogen) atoms. The predicted molar refractivity (Wildman–Crippen MR) is 84.3 cm³/mol. The fourth-order valence-corrected chi connectivity index (χ4v) is 2.23. The fourth-order valence-electron chi connectivity index (χ4n) is 2.23. The minimum Gasteiger partial charge on any atom is -0.508 e. The number of hydrogen-bond donors (Lipinski definition) is 2. The van der Waals surface area contributed by atoms with Gasteiger partial charge in [-0.1, -0.05) is 55.5 Å². The number of hydrogen-bond acceptors (Lipinski definition) is 2. The fraction of sp³-hybridized carbons (Fsp3) is 0.278. The van der Waals surface area contributed by atoms with Crippen molar-refractivity contribution in [2.75, 3.05) is 6.54 Å². The van der Waals surface area contributed by atoms with Gasteiger partial charge in [0.15, 0.2) is 0 Å². The van der Waals surface area contributed by atoms with E-state index in [0.717, 1.165) is 5.56 Å². The summed E-state index contributed by atoms with van der Waals surface area (Å²) in [6, 6.07) is 17.3. The van der Waals surface area contributed by atoms with Gasteiger partial charge >= 0.3 is 0 Å². The number of rotatable bonds is 6. The van der Waals surface area contributed by atoms with E-state index in [1.807, 2.05) is 30.3 Å². The highest BCUT2D eigenvalue weighted by molar-refractivity contribution is 5.76. The molecular weight excluding hydrogens is 262 g/mol. The third-order valence-electron chi connectivity index (χ3n) is 3.59. The zero-order valence-electron chi connectivity index (χ0n) is 12.3. The molecule has 0 aliphatic carbocycles. The Balaban J connectivity index is 1.76. The Kier molecular flexibility index (Phi) is 5.38. The highest BCUT2D eigenvalue weighted by Crippen LogP contribution is 2.17. The Hall–Kier alpha value is -2.29. The molecule has 0 fully saturated rings. The van der Waals surface area contributed by atoms with Crippen molar-refractivity contribution in [3.8, 4) is 5.75 Å². The first-order chi connectivity index (χ1) is 10.2. The first kappa shape index (κ1) is 15.1. The zero-order valence-corrected chi connectivity index (χ0v) is 12.3. The molecule has 0 radical (unpaired) electrons. The second-order valence-electron chi connectivity index (χ2n) is 5.24. The summed E-state index contributed by atoms with van der Waals surface area (Å²) in [4.78, 5) is 11.9. The summed E-state index contributed by atoms with van der Waals surface area (Å²) in [5, 5.41) is 12.6. The van der Waals surface area contributed by atoms with Gasteiger partial charge in [0.05, 0.1) is 0 Å². The summed E-state index contributed by atoms with van der Waals surface area (Å²) in [7, 11) is 0. The van der Waals surface area contributed by atoms with Crippen LogP contribution in [0.3, 0.4) is 0 Å². The Labute approximate surface area is 125 Å². The van der Waals surface area contributed by atoms with Crippen molar-refractivity contribution < 1.29 is 9.90 Å². The number of phenolic OH excluding ortho intramolecular Hbond substituents is 1. The van der Waals surface area contributed by atoms with Crippen LogP contribution in [0.4, 0.5) is 0 Å². The lowest BCUT2D eigenvalue weighted by Gasteiger charge is -2.13. The summed E-state index contributed by atoms with van der Waals surface area (Å²) in [5.41, 5.74) is 2.03. The molecule has 1 unspecified atom stereocenters. The van der Waals surface area contributed by atoms with Crippen molar-refractivity contribution >= 4 is 5.91 Å². The molecule has 1 amide bonds. The van der Waals surface area contributed by atoms with Crippen LogP contribution in [-0.4, -0.2) is 17.6 Å². The van der Waals surface area contributed by atoms with Crippen LogP contribution in [0.5, 0.6) is 5.75 Å². The molecule has 3 heteroatoms. The predicted octanol–water partition coefficient (Wildman–Crippen LogP) is 3.24. The van der Waals surface area contributed by atoms with Crippen LogP contribution in [0, 0.1) is 0 Å². The second-order valence-corrected chi connectivity index (χ2v) is 5.24. The molecule has 0 bridgehead atoms.